The Balaban J connectivity index is 1.68. The molecule has 0 saturated carbocycles. The van der Waals surface area contributed by atoms with Gasteiger partial charge in [0, 0.05) is 44.6 Å². The van der Waals surface area contributed by atoms with Gasteiger partial charge in [0.1, 0.15) is 0 Å². The Morgan fingerprint density at radius 3 is 2.23 bits per heavy atom. The molecular weight excluding hydrogens is 324 g/mol. The summed E-state index contributed by atoms with van der Waals surface area (Å²) in [4.78, 5) is 25.4. The fourth-order valence-corrected chi connectivity index (χ4v) is 3.14. The van der Waals surface area contributed by atoms with Gasteiger partial charge < -0.3 is 9.80 Å². The van der Waals surface area contributed by atoms with Gasteiger partial charge in [0.05, 0.1) is 0 Å². The molecule has 0 unspecified atom stereocenters. The summed E-state index contributed by atoms with van der Waals surface area (Å²) >= 11 is 0. The lowest BCUT2D eigenvalue weighted by atomic mass is 9.94. The third kappa shape index (κ3) is 4.28. The van der Waals surface area contributed by atoms with Crippen molar-refractivity contribution in [2.75, 3.05) is 31.1 Å². The molecule has 0 atom stereocenters. The van der Waals surface area contributed by atoms with E-state index >= 15 is 0 Å². The molecule has 1 aliphatic rings. The molecule has 2 aromatic rings. The van der Waals surface area contributed by atoms with Gasteiger partial charge in [-0.1, -0.05) is 43.7 Å². The highest BCUT2D eigenvalue weighted by Crippen LogP contribution is 2.24. The number of amides is 1. The first-order chi connectivity index (χ1) is 12.5. The number of carbonyl (C=O) groups is 1. The molecule has 0 bridgehead atoms. The Bertz CT molecular complexity index is 760. The molecule has 0 radical (unpaired) electrons. The third-order valence-electron chi connectivity index (χ3n) is 4.71. The van der Waals surface area contributed by atoms with E-state index < -0.39 is 0 Å². The number of carbonyl (C=O) groups excluding carboxylic acids is 1. The predicted molar refractivity (Wildman–Crippen MR) is 105 cm³/mol. The van der Waals surface area contributed by atoms with Gasteiger partial charge in [-0.25, -0.2) is 9.97 Å². The molecule has 3 rings (SSSR count). The van der Waals surface area contributed by atoms with Crippen molar-refractivity contribution < 1.29 is 4.79 Å². The van der Waals surface area contributed by atoms with Crippen molar-refractivity contribution in [3.05, 3.63) is 59.9 Å². The summed E-state index contributed by atoms with van der Waals surface area (Å²) in [6.45, 7) is 9.22. The number of piperazine rings is 1. The van der Waals surface area contributed by atoms with Crippen LogP contribution >= 0.6 is 0 Å². The van der Waals surface area contributed by atoms with Crippen molar-refractivity contribution in [2.24, 2.45) is 5.92 Å². The lowest BCUT2D eigenvalue weighted by Crippen LogP contribution is -2.48. The number of allylic oxidation sites excluding steroid dienone is 1. The monoisotopic (exact) mass is 350 g/mol. The Kier molecular flexibility index (Phi) is 5.66. The molecule has 0 aliphatic carbocycles. The molecule has 1 aromatic carbocycles. The molecule has 1 aliphatic heterocycles. The zero-order chi connectivity index (χ0) is 18.5. The number of hydrogen-bond acceptors (Lipinski definition) is 4. The van der Waals surface area contributed by atoms with Crippen molar-refractivity contribution in [2.45, 2.75) is 20.8 Å². The van der Waals surface area contributed by atoms with E-state index in [1.165, 1.54) is 5.56 Å². The minimum Gasteiger partial charge on any atom is -0.337 e. The zero-order valence-electron chi connectivity index (χ0n) is 15.7. The smallest absolute Gasteiger partial charge is 0.246 e. The second-order valence-electron chi connectivity index (χ2n) is 6.98. The SMILES string of the molecule is Cc1ccc(/C(=C/C(=O)N2CCN(c3ncccn3)CC2)C(C)C)cc1. The van der Waals surface area contributed by atoms with E-state index in [1.807, 2.05) is 17.0 Å². The summed E-state index contributed by atoms with van der Waals surface area (Å²) < 4.78 is 0. The van der Waals surface area contributed by atoms with Gasteiger partial charge in [0.25, 0.3) is 0 Å². The largest absolute Gasteiger partial charge is 0.337 e. The highest BCUT2D eigenvalue weighted by atomic mass is 16.2. The van der Waals surface area contributed by atoms with Gasteiger partial charge in [-0.3, -0.25) is 4.79 Å². The second-order valence-corrected chi connectivity index (χ2v) is 6.98. The molecular formula is C21H26N4O. The molecule has 136 valence electrons. The lowest BCUT2D eigenvalue weighted by Gasteiger charge is -2.34. The van der Waals surface area contributed by atoms with E-state index in [0.717, 1.165) is 30.2 Å². The third-order valence-corrected chi connectivity index (χ3v) is 4.71. The normalized spacial score (nSPS) is 15.5. The average molecular weight is 350 g/mol. The molecule has 5 nitrogen and oxygen atoms in total. The van der Waals surface area contributed by atoms with E-state index in [1.54, 1.807) is 12.4 Å². The maximum atomic E-state index is 12.8. The Labute approximate surface area is 155 Å². The number of aromatic nitrogens is 2. The van der Waals surface area contributed by atoms with Crippen LogP contribution in [0, 0.1) is 12.8 Å². The molecule has 1 fully saturated rings. The molecule has 2 heterocycles. The topological polar surface area (TPSA) is 49.3 Å². The number of benzene rings is 1. The number of hydrogen-bond donors (Lipinski definition) is 0. The highest BCUT2D eigenvalue weighted by molar-refractivity contribution is 5.95. The van der Waals surface area contributed by atoms with Crippen molar-refractivity contribution in [1.29, 1.82) is 0 Å². The van der Waals surface area contributed by atoms with Crippen LogP contribution in [0.2, 0.25) is 0 Å². The molecule has 1 saturated heterocycles. The fraction of sp³-hybridized carbons (Fsp3) is 0.381. The summed E-state index contributed by atoms with van der Waals surface area (Å²) in [6.07, 6.45) is 5.31. The van der Waals surface area contributed by atoms with E-state index in [2.05, 4.69) is 59.9 Å². The Hall–Kier alpha value is -2.69. The quantitative estimate of drug-likeness (QED) is 0.795. The van der Waals surface area contributed by atoms with Gasteiger partial charge in [-0.15, -0.1) is 0 Å². The van der Waals surface area contributed by atoms with E-state index in [-0.39, 0.29) is 5.91 Å². The van der Waals surface area contributed by atoms with Gasteiger partial charge in [-0.2, -0.15) is 0 Å². The summed E-state index contributed by atoms with van der Waals surface area (Å²) in [5.74, 6) is 1.11. The molecule has 1 aromatic heterocycles. The molecule has 1 amide bonds. The maximum absolute atomic E-state index is 12.8. The summed E-state index contributed by atoms with van der Waals surface area (Å²) in [6, 6.07) is 10.2. The van der Waals surface area contributed by atoms with Crippen LogP contribution in [0.1, 0.15) is 25.0 Å². The molecule has 5 heteroatoms. The van der Waals surface area contributed by atoms with Crippen LogP contribution in [0.25, 0.3) is 5.57 Å². The van der Waals surface area contributed by atoms with Crippen LogP contribution in [0.3, 0.4) is 0 Å². The van der Waals surface area contributed by atoms with Crippen LogP contribution in [0.5, 0.6) is 0 Å². The number of aryl methyl sites for hydroxylation is 1. The van der Waals surface area contributed by atoms with E-state index in [4.69, 9.17) is 0 Å². The Morgan fingerprint density at radius 1 is 1.04 bits per heavy atom. The fourth-order valence-electron chi connectivity index (χ4n) is 3.14. The van der Waals surface area contributed by atoms with E-state index in [9.17, 15) is 4.79 Å². The van der Waals surface area contributed by atoms with Crippen LogP contribution in [-0.4, -0.2) is 47.0 Å². The summed E-state index contributed by atoms with van der Waals surface area (Å²) in [5, 5.41) is 0. The first-order valence-corrected chi connectivity index (χ1v) is 9.14. The zero-order valence-corrected chi connectivity index (χ0v) is 15.7. The second kappa shape index (κ2) is 8.13. The van der Waals surface area contributed by atoms with Gasteiger partial charge >= 0.3 is 0 Å². The molecule has 26 heavy (non-hydrogen) atoms. The van der Waals surface area contributed by atoms with Crippen molar-refractivity contribution in [1.82, 2.24) is 14.9 Å². The summed E-state index contributed by atoms with van der Waals surface area (Å²) in [7, 11) is 0. The predicted octanol–water partition coefficient (Wildman–Crippen LogP) is 3.17. The Morgan fingerprint density at radius 2 is 1.65 bits per heavy atom. The van der Waals surface area contributed by atoms with Crippen LogP contribution < -0.4 is 4.90 Å². The first kappa shape index (κ1) is 18.1. The molecule has 0 spiro atoms. The standard InChI is InChI=1S/C21H26N4O/c1-16(2)19(18-7-5-17(3)6-8-18)15-20(26)24-11-13-25(14-12-24)21-22-9-4-10-23-21/h4-10,15-16H,11-14H2,1-3H3/b19-15+. The van der Waals surface area contributed by atoms with Crippen molar-refractivity contribution in [3.8, 4) is 0 Å². The molecule has 0 N–H and O–H groups in total. The van der Waals surface area contributed by atoms with E-state index in [0.29, 0.717) is 19.0 Å². The van der Waals surface area contributed by atoms with Gasteiger partial charge in [-0.05, 0) is 30.0 Å². The number of anilines is 1. The van der Waals surface area contributed by atoms with Crippen LogP contribution in [-0.2, 0) is 4.79 Å². The first-order valence-electron chi connectivity index (χ1n) is 9.14. The highest BCUT2D eigenvalue weighted by Gasteiger charge is 2.22. The lowest BCUT2D eigenvalue weighted by molar-refractivity contribution is -0.126. The minimum atomic E-state index is 0.0860. The van der Waals surface area contributed by atoms with Gasteiger partial charge in [0.15, 0.2) is 0 Å². The number of nitrogens with zero attached hydrogens (tertiary/aromatic N) is 4. The van der Waals surface area contributed by atoms with Crippen LogP contribution in [0.15, 0.2) is 48.8 Å². The maximum Gasteiger partial charge on any atom is 0.246 e. The van der Waals surface area contributed by atoms with Crippen LogP contribution in [0.4, 0.5) is 5.95 Å². The van der Waals surface area contributed by atoms with Crippen molar-refractivity contribution >= 4 is 17.4 Å². The number of rotatable bonds is 4. The summed E-state index contributed by atoms with van der Waals surface area (Å²) in [5.41, 5.74) is 3.43. The minimum absolute atomic E-state index is 0.0860. The van der Waals surface area contributed by atoms with Crippen molar-refractivity contribution in [3.63, 3.8) is 0 Å². The average Bonchev–Trinajstić information content (AvgIpc) is 2.67. The van der Waals surface area contributed by atoms with Gasteiger partial charge in [0.2, 0.25) is 11.9 Å².